The maximum Gasteiger partial charge on any atom is 0.124 e. The fourth-order valence-electron chi connectivity index (χ4n) is 0.666. The molecule has 0 aliphatic rings. The summed E-state index contributed by atoms with van der Waals surface area (Å²) < 4.78 is 2.96. The maximum atomic E-state index is 4.06. The molecule has 0 spiro atoms. The van der Waals surface area contributed by atoms with Crippen LogP contribution in [0.3, 0.4) is 0 Å². The minimum atomic E-state index is 0.138. The largest absolute Gasteiger partial charge is 0.331 e. The molecule has 1 aromatic heterocycles. The molecule has 0 amide bonds. The molecular formula is C7H11BrN2. The molecule has 56 valence electrons. The number of rotatable bonds is 0. The van der Waals surface area contributed by atoms with Crippen molar-refractivity contribution in [1.29, 1.82) is 0 Å². The molecular weight excluding hydrogens is 192 g/mol. The lowest BCUT2D eigenvalue weighted by atomic mass is 10.1. The van der Waals surface area contributed by atoms with Gasteiger partial charge in [-0.05, 0) is 36.7 Å². The zero-order chi connectivity index (χ0) is 7.78. The second-order valence-electron chi connectivity index (χ2n) is 3.27. The molecule has 0 unspecified atom stereocenters. The molecule has 0 aliphatic heterocycles. The summed E-state index contributed by atoms with van der Waals surface area (Å²) in [6.07, 6.45) is 3.80. The predicted molar refractivity (Wildman–Crippen MR) is 44.9 cm³/mol. The first-order chi connectivity index (χ1) is 4.50. The van der Waals surface area contributed by atoms with Crippen molar-refractivity contribution in [2.24, 2.45) is 0 Å². The molecule has 0 radical (unpaired) electrons. The van der Waals surface area contributed by atoms with Crippen LogP contribution in [0.2, 0.25) is 0 Å². The van der Waals surface area contributed by atoms with Crippen LogP contribution in [-0.4, -0.2) is 9.55 Å². The van der Waals surface area contributed by atoms with E-state index in [9.17, 15) is 0 Å². The zero-order valence-corrected chi connectivity index (χ0v) is 8.01. The summed E-state index contributed by atoms with van der Waals surface area (Å²) in [5, 5.41) is 0. The highest BCUT2D eigenvalue weighted by Gasteiger charge is 2.11. The van der Waals surface area contributed by atoms with Crippen LogP contribution in [0.25, 0.3) is 0 Å². The molecule has 0 aromatic carbocycles. The Morgan fingerprint density at radius 2 is 2.10 bits per heavy atom. The lowest BCUT2D eigenvalue weighted by Gasteiger charge is -2.19. The van der Waals surface area contributed by atoms with Gasteiger partial charge in [0.15, 0.2) is 0 Å². The van der Waals surface area contributed by atoms with Crippen molar-refractivity contribution in [3.8, 4) is 0 Å². The predicted octanol–water partition coefficient (Wildman–Crippen LogP) is 2.40. The van der Waals surface area contributed by atoms with Gasteiger partial charge in [0.1, 0.15) is 4.60 Å². The average Bonchev–Trinajstić information content (AvgIpc) is 2.11. The van der Waals surface area contributed by atoms with E-state index >= 15 is 0 Å². The highest BCUT2D eigenvalue weighted by atomic mass is 79.9. The lowest BCUT2D eigenvalue weighted by Crippen LogP contribution is -2.19. The molecule has 2 nitrogen and oxygen atoms in total. The topological polar surface area (TPSA) is 17.8 Å². The quantitative estimate of drug-likeness (QED) is 0.633. The fraction of sp³-hybridized carbons (Fsp3) is 0.571. The average molecular weight is 203 g/mol. The van der Waals surface area contributed by atoms with E-state index in [-0.39, 0.29) is 5.54 Å². The molecule has 1 rings (SSSR count). The summed E-state index contributed by atoms with van der Waals surface area (Å²) in [5.41, 5.74) is 0.138. The molecule has 0 saturated carbocycles. The van der Waals surface area contributed by atoms with Crippen molar-refractivity contribution in [2.75, 3.05) is 0 Å². The van der Waals surface area contributed by atoms with Crippen molar-refractivity contribution in [2.45, 2.75) is 26.3 Å². The van der Waals surface area contributed by atoms with Gasteiger partial charge in [-0.2, -0.15) is 0 Å². The van der Waals surface area contributed by atoms with E-state index in [1.54, 1.807) is 0 Å². The van der Waals surface area contributed by atoms with Crippen molar-refractivity contribution in [3.63, 3.8) is 0 Å². The smallest absolute Gasteiger partial charge is 0.124 e. The second-order valence-corrected chi connectivity index (χ2v) is 4.09. The van der Waals surface area contributed by atoms with Gasteiger partial charge in [-0.3, -0.25) is 0 Å². The Labute approximate surface area is 69.4 Å². The molecule has 0 atom stereocenters. The van der Waals surface area contributed by atoms with E-state index < -0.39 is 0 Å². The molecule has 0 N–H and O–H groups in total. The van der Waals surface area contributed by atoms with Crippen LogP contribution < -0.4 is 0 Å². The summed E-state index contributed by atoms with van der Waals surface area (Å²) in [5.74, 6) is 0. The number of hydrogen-bond acceptors (Lipinski definition) is 1. The van der Waals surface area contributed by atoms with Crippen LogP contribution in [0, 0.1) is 0 Å². The van der Waals surface area contributed by atoms with Crippen molar-refractivity contribution >= 4 is 15.9 Å². The Morgan fingerprint density at radius 3 is 2.30 bits per heavy atom. The van der Waals surface area contributed by atoms with Gasteiger partial charge in [0, 0.05) is 11.7 Å². The normalized spacial score (nSPS) is 12.0. The fourth-order valence-corrected chi connectivity index (χ4v) is 0.978. The third-order valence-corrected chi connectivity index (χ3v) is 1.74. The van der Waals surface area contributed by atoms with E-state index in [0.717, 1.165) is 4.60 Å². The SMILES string of the molecule is CC(C)(C)n1cnc(Br)c1. The van der Waals surface area contributed by atoms with Crippen LogP contribution in [0.15, 0.2) is 17.1 Å². The second kappa shape index (κ2) is 2.38. The number of hydrogen-bond donors (Lipinski definition) is 0. The first-order valence-electron chi connectivity index (χ1n) is 3.20. The molecule has 3 heteroatoms. The molecule has 0 aliphatic carbocycles. The third kappa shape index (κ3) is 1.59. The highest BCUT2D eigenvalue weighted by molar-refractivity contribution is 9.10. The van der Waals surface area contributed by atoms with Crippen molar-refractivity contribution in [3.05, 3.63) is 17.1 Å². The maximum absolute atomic E-state index is 4.06. The third-order valence-electron chi connectivity index (χ3n) is 1.33. The monoisotopic (exact) mass is 202 g/mol. The van der Waals surface area contributed by atoms with Crippen molar-refractivity contribution < 1.29 is 0 Å². The Morgan fingerprint density at radius 1 is 1.50 bits per heavy atom. The van der Waals surface area contributed by atoms with E-state index in [0.29, 0.717) is 0 Å². The van der Waals surface area contributed by atoms with Gasteiger partial charge in [0.2, 0.25) is 0 Å². The summed E-state index contributed by atoms with van der Waals surface area (Å²) in [6, 6.07) is 0. The van der Waals surface area contributed by atoms with Gasteiger partial charge in [0.25, 0.3) is 0 Å². The molecule has 0 fully saturated rings. The Balaban J connectivity index is 2.96. The number of aromatic nitrogens is 2. The van der Waals surface area contributed by atoms with E-state index in [2.05, 4.69) is 46.3 Å². The van der Waals surface area contributed by atoms with Gasteiger partial charge in [-0.1, -0.05) is 0 Å². The van der Waals surface area contributed by atoms with E-state index in [1.807, 2.05) is 12.5 Å². The summed E-state index contributed by atoms with van der Waals surface area (Å²) in [4.78, 5) is 4.06. The van der Waals surface area contributed by atoms with Crippen LogP contribution >= 0.6 is 15.9 Å². The molecule has 0 saturated heterocycles. The van der Waals surface area contributed by atoms with Crippen LogP contribution in [-0.2, 0) is 5.54 Å². The summed E-state index contributed by atoms with van der Waals surface area (Å²) in [7, 11) is 0. The number of imidazole rings is 1. The van der Waals surface area contributed by atoms with E-state index in [1.165, 1.54) is 0 Å². The minimum absolute atomic E-state index is 0.138. The van der Waals surface area contributed by atoms with Gasteiger partial charge >= 0.3 is 0 Å². The Kier molecular flexibility index (Phi) is 1.86. The van der Waals surface area contributed by atoms with Crippen LogP contribution in [0.4, 0.5) is 0 Å². The van der Waals surface area contributed by atoms with E-state index in [4.69, 9.17) is 0 Å². The summed E-state index contributed by atoms with van der Waals surface area (Å²) >= 11 is 3.29. The number of nitrogens with zero attached hydrogens (tertiary/aromatic N) is 2. The first-order valence-corrected chi connectivity index (χ1v) is 3.99. The minimum Gasteiger partial charge on any atom is -0.331 e. The number of halogens is 1. The van der Waals surface area contributed by atoms with Gasteiger partial charge in [-0.25, -0.2) is 4.98 Å². The van der Waals surface area contributed by atoms with Gasteiger partial charge < -0.3 is 4.57 Å². The van der Waals surface area contributed by atoms with Gasteiger partial charge in [0.05, 0.1) is 6.33 Å². The molecule has 10 heavy (non-hydrogen) atoms. The van der Waals surface area contributed by atoms with Crippen molar-refractivity contribution in [1.82, 2.24) is 9.55 Å². The van der Waals surface area contributed by atoms with Crippen LogP contribution in [0.1, 0.15) is 20.8 Å². The van der Waals surface area contributed by atoms with Crippen LogP contribution in [0.5, 0.6) is 0 Å². The lowest BCUT2D eigenvalue weighted by molar-refractivity contribution is 0.396. The first kappa shape index (κ1) is 7.79. The summed E-state index contributed by atoms with van der Waals surface area (Å²) in [6.45, 7) is 6.42. The Bertz CT molecular complexity index is 222. The molecule has 1 heterocycles. The standard InChI is InChI=1S/C7H11BrN2/c1-7(2,3)10-4-6(8)9-5-10/h4-5H,1-3H3. The molecule has 0 bridgehead atoms. The van der Waals surface area contributed by atoms with Gasteiger partial charge in [-0.15, -0.1) is 0 Å². The molecule has 1 aromatic rings. The Hall–Kier alpha value is -0.310. The zero-order valence-electron chi connectivity index (χ0n) is 6.43. The highest BCUT2D eigenvalue weighted by Crippen LogP contribution is 2.15.